The van der Waals surface area contributed by atoms with E-state index in [0.717, 1.165) is 52.5 Å². The first-order chi connectivity index (χ1) is 25.2. The third-order valence-corrected chi connectivity index (χ3v) is 35.9. The summed E-state index contributed by atoms with van der Waals surface area (Å²) < 4.78 is 0. The van der Waals surface area contributed by atoms with Crippen LogP contribution in [0.2, 0.25) is 0 Å². The lowest BCUT2D eigenvalue weighted by atomic mass is 10.5. The molecule has 0 radical (unpaired) electrons. The van der Waals surface area contributed by atoms with Crippen molar-refractivity contribution < 1.29 is 0 Å². The van der Waals surface area contributed by atoms with Gasteiger partial charge in [0.15, 0.2) is 0 Å². The smallest absolute Gasteiger partial charge is 0.0232 e. The van der Waals surface area contributed by atoms with Gasteiger partial charge in [0.25, 0.3) is 0 Å². The van der Waals surface area contributed by atoms with Gasteiger partial charge in [0.05, 0.1) is 0 Å². The van der Waals surface area contributed by atoms with Crippen LogP contribution >= 0.6 is 200 Å². The van der Waals surface area contributed by atoms with E-state index in [4.69, 9.17) is 0 Å². The molecule has 0 bridgehead atoms. The van der Waals surface area contributed by atoms with Gasteiger partial charge in [-0.05, 0) is 0 Å². The molecule has 0 aliphatic carbocycles. The van der Waals surface area contributed by atoms with E-state index < -0.39 is 0 Å². The second kappa shape index (κ2) is 28.5. The minimum absolute atomic E-state index is 0.846. The normalized spacial score (nSPS) is 27.5. The molecule has 4 unspecified atom stereocenters. The molecular weight excluding hydrogens is 954 g/mol. The molecule has 7 saturated heterocycles. The topological polar surface area (TPSA) is 0 Å². The van der Waals surface area contributed by atoms with Crippen molar-refractivity contribution in [2.24, 2.45) is 0 Å². The quantitative estimate of drug-likeness (QED) is 0.0754. The van der Waals surface area contributed by atoms with E-state index in [1.165, 1.54) is 138 Å². The molecule has 51 heavy (non-hydrogen) atoms. The van der Waals surface area contributed by atoms with Crippen LogP contribution in [-0.4, -0.2) is 191 Å². The number of rotatable bonds is 26. The van der Waals surface area contributed by atoms with Crippen molar-refractivity contribution in [1.82, 2.24) is 0 Å². The number of hydrogen-bond acceptors (Lipinski definition) is 17. The van der Waals surface area contributed by atoms with Crippen molar-refractivity contribution in [3.05, 3.63) is 0 Å². The fourth-order valence-corrected chi connectivity index (χ4v) is 28.8. The molecule has 0 aromatic carbocycles. The first-order valence-corrected chi connectivity index (χ1v) is 37.0. The van der Waals surface area contributed by atoms with Crippen LogP contribution in [0.25, 0.3) is 0 Å². The summed E-state index contributed by atoms with van der Waals surface area (Å²) in [5, 5.41) is 9.38. The van der Waals surface area contributed by atoms with E-state index in [0.29, 0.717) is 0 Å². The van der Waals surface area contributed by atoms with E-state index in [1.54, 1.807) is 0 Å². The Kier molecular flexibility index (Phi) is 26.0. The van der Waals surface area contributed by atoms with Gasteiger partial charge in [0.2, 0.25) is 0 Å². The van der Waals surface area contributed by atoms with Crippen LogP contribution in [0.4, 0.5) is 0 Å². The molecular formula is C34H58S17. The molecule has 0 amide bonds. The highest BCUT2D eigenvalue weighted by molar-refractivity contribution is 8.12. The van der Waals surface area contributed by atoms with Crippen LogP contribution < -0.4 is 0 Å². The van der Waals surface area contributed by atoms with Gasteiger partial charge < -0.3 is 0 Å². The van der Waals surface area contributed by atoms with Gasteiger partial charge >= 0.3 is 0 Å². The summed E-state index contributed by atoms with van der Waals surface area (Å²) in [5.41, 5.74) is 0. The molecule has 0 saturated carbocycles. The standard InChI is InChI=1S/C22H38S11.C12H20S6/c1(3-29-17-5-25-6-17)23-13-21(15-31-19-9-27-10-19)33-22(16-32-20-11-28-12-20)14-24-2-4-30-18-7-26-8-18;1-9(2-13-1)15-5-11-7-18-12(8-17-11)6-16-10-3-14-4-10/h17-22H,1-16H2;9-12H,1-8H2. The van der Waals surface area contributed by atoms with Crippen molar-refractivity contribution in [3.8, 4) is 0 Å². The maximum atomic E-state index is 2.39. The maximum absolute atomic E-state index is 2.39. The average Bonchev–Trinajstić information content (AvgIpc) is 3.00. The molecule has 7 aliphatic heterocycles. The average molecular weight is 1010 g/mol. The predicted molar refractivity (Wildman–Crippen MR) is 284 cm³/mol. The van der Waals surface area contributed by atoms with Crippen LogP contribution in [0.15, 0.2) is 0 Å². The maximum Gasteiger partial charge on any atom is 0.0232 e. The van der Waals surface area contributed by atoms with E-state index in [9.17, 15) is 0 Å². The van der Waals surface area contributed by atoms with Crippen molar-refractivity contribution in [2.45, 2.75) is 52.5 Å². The lowest BCUT2D eigenvalue weighted by Gasteiger charge is -2.32. The van der Waals surface area contributed by atoms with Gasteiger partial charge in [-0.2, -0.15) is 200 Å². The van der Waals surface area contributed by atoms with Crippen molar-refractivity contribution >= 4 is 200 Å². The highest BCUT2D eigenvalue weighted by Crippen LogP contribution is 2.40. The first-order valence-electron chi connectivity index (χ1n) is 18.5. The molecule has 7 fully saturated rings. The third kappa shape index (κ3) is 19.3. The minimum atomic E-state index is 0.846. The summed E-state index contributed by atoms with van der Waals surface area (Å²) in [6, 6.07) is 0. The van der Waals surface area contributed by atoms with Crippen molar-refractivity contribution in [2.75, 3.05) is 138 Å². The van der Waals surface area contributed by atoms with E-state index in [1.807, 2.05) is 0 Å². The molecule has 17 heteroatoms. The Bertz CT molecular complexity index is 818. The Labute approximate surface area is 385 Å². The van der Waals surface area contributed by atoms with Crippen molar-refractivity contribution in [3.63, 3.8) is 0 Å². The molecule has 0 aromatic rings. The van der Waals surface area contributed by atoms with Gasteiger partial charge in [-0.25, -0.2) is 0 Å². The van der Waals surface area contributed by atoms with Crippen LogP contribution in [0.1, 0.15) is 0 Å². The molecule has 296 valence electrons. The second-order valence-electron chi connectivity index (χ2n) is 13.5. The zero-order valence-corrected chi connectivity index (χ0v) is 43.6. The fourth-order valence-electron chi connectivity index (χ4n) is 5.11. The minimum Gasteiger partial charge on any atom is -0.160 e. The summed E-state index contributed by atoms with van der Waals surface area (Å²) in [5.74, 6) is 33.4. The SMILES string of the molecule is C(CSC1CSC1)SCC(CSC1CSC1)SC(CSCCSC1CSC1)CSC1CSC1.C1SCC1SCC1CSC(CSC2CSC2)CS1. The Balaban J connectivity index is 0.000000208. The summed E-state index contributed by atoms with van der Waals surface area (Å²) in [4.78, 5) is 0. The molecule has 0 aromatic heterocycles. The molecule has 0 spiro atoms. The van der Waals surface area contributed by atoms with Crippen LogP contribution in [0.5, 0.6) is 0 Å². The first kappa shape index (κ1) is 46.5. The molecule has 4 atom stereocenters. The monoisotopic (exact) mass is 1010 g/mol. The van der Waals surface area contributed by atoms with Gasteiger partial charge in [-0.3, -0.25) is 0 Å². The van der Waals surface area contributed by atoms with Gasteiger partial charge in [-0.1, -0.05) is 0 Å². The molecule has 7 rings (SSSR count). The summed E-state index contributed by atoms with van der Waals surface area (Å²) >= 11 is 37.7. The van der Waals surface area contributed by atoms with Crippen molar-refractivity contribution in [1.29, 1.82) is 0 Å². The van der Waals surface area contributed by atoms with E-state index in [2.05, 4.69) is 200 Å². The van der Waals surface area contributed by atoms with E-state index in [-0.39, 0.29) is 0 Å². The van der Waals surface area contributed by atoms with Crippen LogP contribution in [0.3, 0.4) is 0 Å². The zero-order valence-electron chi connectivity index (χ0n) is 29.7. The van der Waals surface area contributed by atoms with Gasteiger partial charge in [0.1, 0.15) is 0 Å². The molecule has 7 aliphatic rings. The second-order valence-corrected chi connectivity index (χ2v) is 34.6. The Morgan fingerprint density at radius 2 is 0.686 bits per heavy atom. The molecule has 7 heterocycles. The molecule has 0 N–H and O–H groups in total. The zero-order chi connectivity index (χ0) is 34.8. The lowest BCUT2D eigenvalue weighted by Crippen LogP contribution is -2.29. The Morgan fingerprint density at radius 1 is 0.353 bits per heavy atom. The summed E-state index contributed by atoms with van der Waals surface area (Å²) in [6.07, 6.45) is 0. The predicted octanol–water partition coefficient (Wildman–Crippen LogP) is 11.2. The fraction of sp³-hybridized carbons (Fsp3) is 1.00. The highest BCUT2D eigenvalue weighted by Gasteiger charge is 2.28. The van der Waals surface area contributed by atoms with Crippen LogP contribution in [0, 0.1) is 0 Å². The number of thioether (sulfide) groups is 17. The van der Waals surface area contributed by atoms with Crippen LogP contribution in [-0.2, 0) is 0 Å². The molecule has 0 nitrogen and oxygen atoms in total. The van der Waals surface area contributed by atoms with E-state index >= 15 is 0 Å². The Hall–Kier alpha value is 5.95. The summed E-state index contributed by atoms with van der Waals surface area (Å²) in [6.45, 7) is 0. The third-order valence-electron chi connectivity index (χ3n) is 8.91. The Morgan fingerprint density at radius 3 is 1.00 bits per heavy atom. The van der Waals surface area contributed by atoms with Gasteiger partial charge in [0, 0.05) is 191 Å². The largest absolute Gasteiger partial charge is 0.160 e. The lowest BCUT2D eigenvalue weighted by molar-refractivity contribution is 1.03. The number of hydrogen-bond donors (Lipinski definition) is 0. The van der Waals surface area contributed by atoms with Gasteiger partial charge in [-0.15, -0.1) is 0 Å². The highest BCUT2D eigenvalue weighted by atomic mass is 32.2. The summed E-state index contributed by atoms with van der Waals surface area (Å²) in [7, 11) is 0.